The number of benzene rings is 1. The van der Waals surface area contributed by atoms with Crippen molar-refractivity contribution in [2.75, 3.05) is 0 Å². The van der Waals surface area contributed by atoms with E-state index in [1.54, 1.807) is 0 Å². The van der Waals surface area contributed by atoms with Crippen LogP contribution in [0.2, 0.25) is 5.15 Å². The second kappa shape index (κ2) is 7.70. The molecule has 1 N–H and O–H groups in total. The molecule has 0 unspecified atom stereocenters. The second-order valence-corrected chi connectivity index (χ2v) is 6.70. The highest BCUT2D eigenvalue weighted by molar-refractivity contribution is 9.10. The molecule has 0 aliphatic carbocycles. The van der Waals surface area contributed by atoms with Gasteiger partial charge in [-0.05, 0) is 35.0 Å². The number of aromatic nitrogens is 2. The van der Waals surface area contributed by atoms with Gasteiger partial charge in [-0.15, -0.1) is 0 Å². The van der Waals surface area contributed by atoms with Gasteiger partial charge in [0.05, 0.1) is 22.1 Å². The molecule has 0 aliphatic rings. The highest BCUT2D eigenvalue weighted by atomic mass is 79.9. The average molecular weight is 479 g/mol. The van der Waals surface area contributed by atoms with E-state index in [-0.39, 0.29) is 0 Å². The Morgan fingerprint density at radius 1 is 1.22 bits per heavy atom. The van der Waals surface area contributed by atoms with Gasteiger partial charge in [-0.2, -0.15) is 31.4 Å². The molecule has 1 atom stereocenters. The topological polar surface area (TPSA) is 46.9 Å². The number of amides is 1. The van der Waals surface area contributed by atoms with Gasteiger partial charge in [-0.3, -0.25) is 9.48 Å². The predicted molar refractivity (Wildman–Crippen MR) is 88.3 cm³/mol. The highest BCUT2D eigenvalue weighted by Gasteiger charge is 2.40. The van der Waals surface area contributed by atoms with E-state index in [1.165, 1.54) is 13.0 Å². The molecule has 0 radical (unpaired) electrons. The van der Waals surface area contributed by atoms with E-state index in [0.29, 0.717) is 4.68 Å². The Labute approximate surface area is 162 Å². The van der Waals surface area contributed by atoms with Gasteiger partial charge in [0.25, 0.3) is 5.91 Å². The Morgan fingerprint density at radius 2 is 1.81 bits per heavy atom. The SMILES string of the molecule is C[C@@H](Cn1nc(Cl)c(Br)c1C(F)(F)F)NC(=O)c1ccccc1C(F)(F)F. The van der Waals surface area contributed by atoms with Gasteiger partial charge in [-0.1, -0.05) is 23.7 Å². The van der Waals surface area contributed by atoms with E-state index in [0.717, 1.165) is 18.2 Å². The molecule has 1 heterocycles. The van der Waals surface area contributed by atoms with Crippen molar-refractivity contribution in [2.24, 2.45) is 0 Å². The van der Waals surface area contributed by atoms with Crippen LogP contribution >= 0.6 is 27.5 Å². The van der Waals surface area contributed by atoms with Crippen molar-refractivity contribution in [3.63, 3.8) is 0 Å². The van der Waals surface area contributed by atoms with Crippen LogP contribution < -0.4 is 5.32 Å². The van der Waals surface area contributed by atoms with Crippen molar-refractivity contribution in [2.45, 2.75) is 31.9 Å². The minimum Gasteiger partial charge on any atom is -0.348 e. The maximum absolute atomic E-state index is 13.1. The fraction of sp³-hybridized carbons (Fsp3) is 0.333. The average Bonchev–Trinajstić information content (AvgIpc) is 2.80. The number of hydrogen-bond acceptors (Lipinski definition) is 2. The Hall–Kier alpha value is -1.75. The van der Waals surface area contributed by atoms with Crippen molar-refractivity contribution in [3.05, 3.63) is 50.7 Å². The van der Waals surface area contributed by atoms with Crippen LogP contribution in [-0.2, 0) is 18.9 Å². The summed E-state index contributed by atoms with van der Waals surface area (Å²) in [6.07, 6.45) is -9.52. The lowest BCUT2D eigenvalue weighted by molar-refractivity contribution is -0.145. The van der Waals surface area contributed by atoms with E-state index in [2.05, 4.69) is 26.3 Å². The minimum atomic E-state index is -4.77. The number of hydrogen-bond donors (Lipinski definition) is 1. The molecule has 0 spiro atoms. The molecule has 0 saturated heterocycles. The first-order valence-electron chi connectivity index (χ1n) is 7.28. The zero-order valence-electron chi connectivity index (χ0n) is 13.4. The van der Waals surface area contributed by atoms with Crippen molar-refractivity contribution >= 4 is 33.4 Å². The summed E-state index contributed by atoms with van der Waals surface area (Å²) in [6.45, 7) is 0.873. The molecule has 1 amide bonds. The van der Waals surface area contributed by atoms with E-state index >= 15 is 0 Å². The van der Waals surface area contributed by atoms with Gasteiger partial charge in [-0.25, -0.2) is 0 Å². The fourth-order valence-electron chi connectivity index (χ4n) is 2.35. The van der Waals surface area contributed by atoms with Crippen LogP contribution in [0.4, 0.5) is 26.3 Å². The number of carbonyl (C=O) groups excluding carboxylic acids is 1. The molecule has 12 heteroatoms. The summed E-state index contributed by atoms with van der Waals surface area (Å²) in [6, 6.07) is 3.13. The van der Waals surface area contributed by atoms with Gasteiger partial charge in [0.2, 0.25) is 0 Å². The smallest absolute Gasteiger partial charge is 0.348 e. The zero-order chi connectivity index (χ0) is 20.6. The molecule has 2 aromatic rings. The van der Waals surface area contributed by atoms with Crippen LogP contribution in [-0.4, -0.2) is 21.7 Å². The zero-order valence-corrected chi connectivity index (χ0v) is 15.8. The lowest BCUT2D eigenvalue weighted by Crippen LogP contribution is -2.37. The molecule has 0 saturated carbocycles. The summed E-state index contributed by atoms with van der Waals surface area (Å²) in [5.41, 5.74) is -2.94. The van der Waals surface area contributed by atoms with Crippen molar-refractivity contribution in [3.8, 4) is 0 Å². The van der Waals surface area contributed by atoms with Gasteiger partial charge in [0.15, 0.2) is 10.8 Å². The van der Waals surface area contributed by atoms with Crippen LogP contribution in [0.1, 0.15) is 28.5 Å². The quantitative estimate of drug-likeness (QED) is 0.618. The number of rotatable bonds is 4. The van der Waals surface area contributed by atoms with E-state index in [9.17, 15) is 31.1 Å². The molecule has 27 heavy (non-hydrogen) atoms. The fourth-order valence-corrected chi connectivity index (χ4v) is 3.04. The molecule has 4 nitrogen and oxygen atoms in total. The Morgan fingerprint density at radius 3 is 2.37 bits per heavy atom. The molecular formula is C15H11BrClF6N3O. The predicted octanol–water partition coefficient (Wildman–Crippen LogP) is 5.16. The van der Waals surface area contributed by atoms with Crippen molar-refractivity contribution < 1.29 is 31.1 Å². The third-order valence-corrected chi connectivity index (χ3v) is 4.67. The Kier molecular flexibility index (Phi) is 6.15. The monoisotopic (exact) mass is 477 g/mol. The standard InChI is InChI=1S/C15H11BrClF6N3O/c1-7(6-26-11(15(21,22)23)10(16)12(17)25-26)24-13(27)8-4-2-3-5-9(8)14(18,19)20/h2-5,7H,6H2,1H3,(H,24,27)/t7-/m0/s1. The highest BCUT2D eigenvalue weighted by Crippen LogP contribution is 2.38. The van der Waals surface area contributed by atoms with Crippen molar-refractivity contribution in [1.82, 2.24) is 15.1 Å². The first kappa shape index (κ1) is 21.5. The summed E-state index contributed by atoms with van der Waals surface area (Å²) >= 11 is 8.30. The van der Waals surface area contributed by atoms with Crippen LogP contribution in [0.5, 0.6) is 0 Å². The first-order chi connectivity index (χ1) is 12.3. The Bertz CT molecular complexity index is 849. The maximum atomic E-state index is 13.1. The lowest BCUT2D eigenvalue weighted by atomic mass is 10.1. The summed E-state index contributed by atoms with van der Waals surface area (Å²) in [5, 5.41) is 5.35. The van der Waals surface area contributed by atoms with E-state index in [4.69, 9.17) is 11.6 Å². The summed E-state index contributed by atoms with van der Waals surface area (Å²) in [4.78, 5) is 12.2. The van der Waals surface area contributed by atoms with Crippen LogP contribution in [0.25, 0.3) is 0 Å². The summed E-state index contributed by atoms with van der Waals surface area (Å²) in [7, 11) is 0. The lowest BCUT2D eigenvalue weighted by Gasteiger charge is -2.18. The van der Waals surface area contributed by atoms with E-state index < -0.39 is 57.3 Å². The normalized spacial score (nSPS) is 13.5. The molecule has 0 fully saturated rings. The molecule has 0 aliphatic heterocycles. The number of nitrogens with one attached hydrogen (secondary N) is 1. The first-order valence-corrected chi connectivity index (χ1v) is 8.45. The molecule has 0 bridgehead atoms. The van der Waals surface area contributed by atoms with E-state index in [1.807, 2.05) is 0 Å². The van der Waals surface area contributed by atoms with Gasteiger partial charge < -0.3 is 5.32 Å². The molecule has 2 rings (SSSR count). The Balaban J connectivity index is 2.22. The third kappa shape index (κ3) is 4.95. The molecular weight excluding hydrogens is 468 g/mol. The third-order valence-electron chi connectivity index (χ3n) is 3.43. The largest absolute Gasteiger partial charge is 0.434 e. The van der Waals surface area contributed by atoms with Gasteiger partial charge in [0.1, 0.15) is 0 Å². The van der Waals surface area contributed by atoms with Gasteiger partial charge in [0, 0.05) is 6.04 Å². The molecule has 1 aromatic carbocycles. The van der Waals surface area contributed by atoms with Crippen molar-refractivity contribution in [1.29, 1.82) is 0 Å². The molecule has 1 aromatic heterocycles. The minimum absolute atomic E-state index is 0.428. The number of nitrogens with zero attached hydrogens (tertiary/aromatic N) is 2. The number of halogens is 8. The number of alkyl halides is 6. The summed E-state index contributed by atoms with van der Waals surface area (Å²) in [5.74, 6) is -1.07. The molecule has 148 valence electrons. The van der Waals surface area contributed by atoms with Crippen LogP contribution in [0, 0.1) is 0 Å². The number of carbonyl (C=O) groups is 1. The van der Waals surface area contributed by atoms with Gasteiger partial charge >= 0.3 is 12.4 Å². The van der Waals surface area contributed by atoms with Crippen LogP contribution in [0.3, 0.4) is 0 Å². The van der Waals surface area contributed by atoms with Crippen LogP contribution in [0.15, 0.2) is 28.7 Å². The summed E-state index contributed by atoms with van der Waals surface area (Å²) < 4.78 is 78.4. The second-order valence-electron chi connectivity index (χ2n) is 5.55. The maximum Gasteiger partial charge on any atom is 0.434 e.